The molecule has 0 unspecified atom stereocenters. The molecule has 3 aromatic rings. The van der Waals surface area contributed by atoms with E-state index in [1.165, 1.54) is 13.1 Å². The number of aromatic nitrogens is 1. The molecule has 1 amide bonds. The molecular formula is C26H29F3N4O2. The number of hydrogen-bond donors (Lipinski definition) is 2. The molecule has 0 spiro atoms. The number of anilines is 1. The van der Waals surface area contributed by atoms with Gasteiger partial charge in [-0.2, -0.15) is 13.2 Å². The van der Waals surface area contributed by atoms with Crippen molar-refractivity contribution in [1.29, 1.82) is 0 Å². The lowest BCUT2D eigenvalue weighted by Crippen LogP contribution is -2.23. The Kier molecular flexibility index (Phi) is 8.34. The molecule has 1 aliphatic rings. The Morgan fingerprint density at radius 2 is 1.86 bits per heavy atom. The van der Waals surface area contributed by atoms with Gasteiger partial charge in [-0.25, -0.2) is 5.84 Å². The van der Waals surface area contributed by atoms with Crippen LogP contribution in [-0.4, -0.2) is 30.5 Å². The van der Waals surface area contributed by atoms with Crippen molar-refractivity contribution in [3.8, 4) is 17.0 Å². The minimum atomic E-state index is -4.53. The Labute approximate surface area is 202 Å². The molecule has 1 saturated carbocycles. The summed E-state index contributed by atoms with van der Waals surface area (Å²) in [5.74, 6) is 5.05. The van der Waals surface area contributed by atoms with Crippen molar-refractivity contribution in [1.82, 2.24) is 9.99 Å². The number of carbonyl (C=O) groups is 1. The second-order valence-corrected chi connectivity index (χ2v) is 8.33. The summed E-state index contributed by atoms with van der Waals surface area (Å²) >= 11 is 0. The number of benzene rings is 2. The summed E-state index contributed by atoms with van der Waals surface area (Å²) in [4.78, 5) is 13.6. The normalized spacial score (nSPS) is 12.9. The van der Waals surface area contributed by atoms with Crippen LogP contribution in [0.25, 0.3) is 11.3 Å². The number of rotatable bonds is 7. The second-order valence-electron chi connectivity index (χ2n) is 8.33. The molecule has 1 aromatic heterocycles. The summed E-state index contributed by atoms with van der Waals surface area (Å²) in [5, 5.41) is 4.07. The van der Waals surface area contributed by atoms with E-state index >= 15 is 0 Å². The van der Waals surface area contributed by atoms with E-state index < -0.39 is 11.7 Å². The second kappa shape index (κ2) is 11.2. The van der Waals surface area contributed by atoms with Gasteiger partial charge in [-0.15, -0.1) is 0 Å². The number of hydrazine groups is 1. The molecule has 1 aliphatic carbocycles. The predicted octanol–water partition coefficient (Wildman–Crippen LogP) is 5.52. The fourth-order valence-electron chi connectivity index (χ4n) is 3.67. The van der Waals surface area contributed by atoms with Crippen LogP contribution in [-0.2, 0) is 17.6 Å². The third-order valence-corrected chi connectivity index (χ3v) is 5.51. The van der Waals surface area contributed by atoms with Gasteiger partial charge >= 0.3 is 6.18 Å². The maximum Gasteiger partial charge on any atom is 0.419 e. The van der Waals surface area contributed by atoms with E-state index in [9.17, 15) is 18.0 Å². The number of ether oxygens (including phenoxy) is 1. The van der Waals surface area contributed by atoms with E-state index in [2.05, 4.69) is 10.3 Å². The highest BCUT2D eigenvalue weighted by molar-refractivity contribution is 5.63. The first-order valence-electron chi connectivity index (χ1n) is 11.1. The van der Waals surface area contributed by atoms with E-state index in [0.29, 0.717) is 23.6 Å². The average Bonchev–Trinajstić information content (AvgIpc) is 3.67. The zero-order valence-corrected chi connectivity index (χ0v) is 19.9. The summed E-state index contributed by atoms with van der Waals surface area (Å²) in [5.41, 5.74) is 3.82. The summed E-state index contributed by atoms with van der Waals surface area (Å²) in [6.07, 6.45) is -1.80. The van der Waals surface area contributed by atoms with Gasteiger partial charge in [0, 0.05) is 36.6 Å². The summed E-state index contributed by atoms with van der Waals surface area (Å²) in [7, 11) is 3.27. The third kappa shape index (κ3) is 6.95. The number of pyridine rings is 1. The maximum absolute atomic E-state index is 13.8. The molecule has 0 bridgehead atoms. The molecule has 35 heavy (non-hydrogen) atoms. The molecule has 6 nitrogen and oxygen atoms in total. The third-order valence-electron chi connectivity index (χ3n) is 5.51. The number of nitrogens with two attached hydrogens (primary N) is 1. The SMILES string of the molecule is CN(N)C=O.CNc1cccc(C2CC2)c1COc1ccc(-c2cccc(C)n2)cc1C(F)(F)F. The summed E-state index contributed by atoms with van der Waals surface area (Å²) in [6, 6.07) is 15.3. The number of nitrogens with zero attached hydrogens (tertiary/aromatic N) is 2. The smallest absolute Gasteiger partial charge is 0.419 e. The highest BCUT2D eigenvalue weighted by Gasteiger charge is 2.35. The minimum absolute atomic E-state index is 0.0773. The number of alkyl halides is 3. The van der Waals surface area contributed by atoms with Crippen LogP contribution < -0.4 is 15.9 Å². The van der Waals surface area contributed by atoms with Crippen molar-refractivity contribution >= 4 is 12.1 Å². The Morgan fingerprint density at radius 1 is 1.17 bits per heavy atom. The van der Waals surface area contributed by atoms with Gasteiger partial charge in [-0.1, -0.05) is 18.2 Å². The molecule has 4 rings (SSSR count). The molecule has 0 atom stereocenters. The lowest BCUT2D eigenvalue weighted by atomic mass is 10.0. The average molecular weight is 487 g/mol. The van der Waals surface area contributed by atoms with Gasteiger partial charge in [0.2, 0.25) is 6.41 Å². The van der Waals surface area contributed by atoms with Crippen molar-refractivity contribution in [3.05, 3.63) is 77.0 Å². The van der Waals surface area contributed by atoms with Gasteiger partial charge in [0.1, 0.15) is 12.4 Å². The Morgan fingerprint density at radius 3 is 2.43 bits per heavy atom. The first kappa shape index (κ1) is 26.0. The van der Waals surface area contributed by atoms with E-state index in [-0.39, 0.29) is 12.4 Å². The van der Waals surface area contributed by atoms with Crippen LogP contribution in [0.2, 0.25) is 0 Å². The predicted molar refractivity (Wildman–Crippen MR) is 130 cm³/mol. The Balaban J connectivity index is 0.000000623. The van der Waals surface area contributed by atoms with E-state index in [1.54, 1.807) is 25.2 Å². The van der Waals surface area contributed by atoms with Crippen LogP contribution in [0.3, 0.4) is 0 Å². The van der Waals surface area contributed by atoms with Crippen molar-refractivity contribution in [3.63, 3.8) is 0 Å². The van der Waals surface area contributed by atoms with Crippen molar-refractivity contribution in [2.24, 2.45) is 5.84 Å². The largest absolute Gasteiger partial charge is 0.488 e. The number of aryl methyl sites for hydroxylation is 1. The highest BCUT2D eigenvalue weighted by atomic mass is 19.4. The van der Waals surface area contributed by atoms with E-state index in [4.69, 9.17) is 10.6 Å². The summed E-state index contributed by atoms with van der Waals surface area (Å²) in [6.45, 7) is 1.89. The van der Waals surface area contributed by atoms with E-state index in [1.807, 2.05) is 31.2 Å². The van der Waals surface area contributed by atoms with Gasteiger partial charge in [0.25, 0.3) is 0 Å². The lowest BCUT2D eigenvalue weighted by molar-refractivity contribution is -0.139. The van der Waals surface area contributed by atoms with Crippen LogP contribution in [0.1, 0.15) is 41.1 Å². The fourth-order valence-corrected chi connectivity index (χ4v) is 3.67. The maximum atomic E-state index is 13.8. The lowest BCUT2D eigenvalue weighted by Gasteiger charge is -2.18. The standard InChI is InChI=1S/C24H23F3N2O.C2H6N2O/c1-15-5-3-7-21(29-15)17-11-12-23(20(13-17)24(25,26)27)30-14-19-18(16-9-10-16)6-4-8-22(19)28-2;1-4(3)2-5/h3-8,11-13,16,28H,9-10,14H2,1-2H3;2H,3H2,1H3. The molecule has 3 N–H and O–H groups in total. The van der Waals surface area contributed by atoms with Gasteiger partial charge in [-0.05, 0) is 67.6 Å². The topological polar surface area (TPSA) is 80.5 Å². The highest BCUT2D eigenvalue weighted by Crippen LogP contribution is 2.44. The zero-order valence-electron chi connectivity index (χ0n) is 19.9. The van der Waals surface area contributed by atoms with Crippen molar-refractivity contribution < 1.29 is 22.7 Å². The van der Waals surface area contributed by atoms with Gasteiger partial charge in [0.05, 0.1) is 11.3 Å². The van der Waals surface area contributed by atoms with Gasteiger partial charge < -0.3 is 10.1 Å². The van der Waals surface area contributed by atoms with Crippen LogP contribution >= 0.6 is 0 Å². The molecule has 0 saturated heterocycles. The van der Waals surface area contributed by atoms with Gasteiger partial charge in [-0.3, -0.25) is 14.8 Å². The molecule has 0 radical (unpaired) electrons. The number of nitrogens with one attached hydrogen (secondary N) is 1. The van der Waals surface area contributed by atoms with Crippen LogP contribution in [0.4, 0.5) is 18.9 Å². The number of amides is 1. The number of hydrogen-bond acceptors (Lipinski definition) is 5. The van der Waals surface area contributed by atoms with Crippen LogP contribution in [0, 0.1) is 6.92 Å². The molecule has 0 aliphatic heterocycles. The monoisotopic (exact) mass is 486 g/mol. The Hall–Kier alpha value is -3.59. The fraction of sp³-hybridized carbons (Fsp3) is 0.308. The molecule has 1 fully saturated rings. The number of carbonyl (C=O) groups excluding carboxylic acids is 1. The van der Waals surface area contributed by atoms with Crippen molar-refractivity contribution in [2.45, 2.75) is 38.5 Å². The first-order valence-corrected chi connectivity index (χ1v) is 11.1. The number of halogens is 3. The summed E-state index contributed by atoms with van der Waals surface area (Å²) < 4.78 is 47.1. The molecule has 186 valence electrons. The zero-order chi connectivity index (χ0) is 25.6. The minimum Gasteiger partial charge on any atom is -0.488 e. The Bertz CT molecular complexity index is 1160. The quantitative estimate of drug-likeness (QED) is 0.199. The molecule has 1 heterocycles. The molecule has 9 heteroatoms. The molecule has 2 aromatic carbocycles. The van der Waals surface area contributed by atoms with E-state index in [0.717, 1.165) is 46.4 Å². The van der Waals surface area contributed by atoms with Crippen molar-refractivity contribution in [2.75, 3.05) is 19.4 Å². The van der Waals surface area contributed by atoms with Gasteiger partial charge in [0.15, 0.2) is 0 Å². The first-order chi connectivity index (χ1) is 16.6. The van der Waals surface area contributed by atoms with Crippen LogP contribution in [0.15, 0.2) is 54.6 Å². The molecular weight excluding hydrogens is 457 g/mol. The van der Waals surface area contributed by atoms with Crippen LogP contribution in [0.5, 0.6) is 5.75 Å².